The van der Waals surface area contributed by atoms with Crippen LogP contribution in [0.25, 0.3) is 10.9 Å². The molecule has 0 saturated heterocycles. The zero-order valence-electron chi connectivity index (χ0n) is 17.8. The largest absolute Gasteiger partial charge is 0.495 e. The van der Waals surface area contributed by atoms with Crippen LogP contribution in [0.5, 0.6) is 5.75 Å². The molecule has 11 heteroatoms. The molecule has 1 atom stereocenters. The molecule has 0 aliphatic carbocycles. The Bertz CT molecular complexity index is 1360. The number of aromatic carboxylic acids is 1. The average Bonchev–Trinajstić information content (AvgIpc) is 2.74. The summed E-state index contributed by atoms with van der Waals surface area (Å²) in [5.74, 6) is -2.45. The number of carbonyl (C=O) groups excluding carboxylic acids is 2. The fourth-order valence-corrected chi connectivity index (χ4v) is 3.29. The van der Waals surface area contributed by atoms with Crippen LogP contribution in [0.1, 0.15) is 22.8 Å². The zero-order chi connectivity index (χ0) is 24.3. The van der Waals surface area contributed by atoms with E-state index < -0.39 is 23.7 Å². The van der Waals surface area contributed by atoms with Crippen molar-refractivity contribution in [2.45, 2.75) is 19.9 Å². The van der Waals surface area contributed by atoms with Crippen LogP contribution in [0.15, 0.2) is 51.4 Å². The van der Waals surface area contributed by atoms with Gasteiger partial charge in [0, 0.05) is 11.5 Å². The highest BCUT2D eigenvalue weighted by Crippen LogP contribution is 2.31. The van der Waals surface area contributed by atoms with E-state index >= 15 is 0 Å². The zero-order valence-corrected chi connectivity index (χ0v) is 18.6. The van der Waals surface area contributed by atoms with Crippen molar-refractivity contribution in [3.05, 3.63) is 62.9 Å². The minimum Gasteiger partial charge on any atom is -0.495 e. The van der Waals surface area contributed by atoms with Gasteiger partial charge >= 0.3 is 5.97 Å². The third-order valence-corrected chi connectivity index (χ3v) is 5.04. The standard InChI is InChI=1S/C22H19ClN4O6/c1-10-6-19(29)24-15-9-16(14(23)8-13(10)15)26-27-20(11(2)28)21(30)25-17-7-12(22(31)32)4-5-18(17)33-3/h4-9,20H,1-3H3,(H,24,29)(H,25,30)(H,31,32). The maximum atomic E-state index is 12.7. The minimum absolute atomic E-state index is 0.0561. The summed E-state index contributed by atoms with van der Waals surface area (Å²) in [5.41, 5.74) is 1.01. The molecule has 3 rings (SSSR count). The number of carboxylic acids is 1. The maximum Gasteiger partial charge on any atom is 0.335 e. The number of anilines is 1. The fraction of sp³-hybridized carbons (Fsp3) is 0.182. The predicted octanol–water partition coefficient (Wildman–Crippen LogP) is 3.88. The van der Waals surface area contributed by atoms with Gasteiger partial charge in [-0.3, -0.25) is 14.4 Å². The van der Waals surface area contributed by atoms with Gasteiger partial charge < -0.3 is 20.1 Å². The Morgan fingerprint density at radius 2 is 1.91 bits per heavy atom. The first kappa shape index (κ1) is 23.6. The third kappa shape index (κ3) is 5.24. The first-order chi connectivity index (χ1) is 15.6. The summed E-state index contributed by atoms with van der Waals surface area (Å²) in [6, 6.07) is 6.88. The van der Waals surface area contributed by atoms with Crippen LogP contribution in [0.4, 0.5) is 11.4 Å². The van der Waals surface area contributed by atoms with Crippen molar-refractivity contribution in [2.75, 3.05) is 12.4 Å². The number of benzene rings is 2. The second-order valence-electron chi connectivity index (χ2n) is 7.10. The lowest BCUT2D eigenvalue weighted by Crippen LogP contribution is -2.32. The number of aryl methyl sites for hydroxylation is 1. The summed E-state index contributed by atoms with van der Waals surface area (Å²) in [6.45, 7) is 2.93. The number of hydrogen-bond acceptors (Lipinski definition) is 7. The number of amides is 1. The minimum atomic E-state index is -1.54. The van der Waals surface area contributed by atoms with Crippen molar-refractivity contribution in [2.24, 2.45) is 10.2 Å². The van der Waals surface area contributed by atoms with Gasteiger partial charge in [-0.25, -0.2) is 4.79 Å². The Morgan fingerprint density at radius 3 is 2.55 bits per heavy atom. The van der Waals surface area contributed by atoms with Crippen LogP contribution in [0.3, 0.4) is 0 Å². The molecular formula is C22H19ClN4O6. The van der Waals surface area contributed by atoms with E-state index in [1.807, 2.05) is 0 Å². The number of nitrogens with zero attached hydrogens (tertiary/aromatic N) is 2. The van der Waals surface area contributed by atoms with Gasteiger partial charge in [0.2, 0.25) is 11.6 Å². The molecule has 2 aromatic carbocycles. The number of hydrogen-bond donors (Lipinski definition) is 3. The first-order valence-corrected chi connectivity index (χ1v) is 9.95. The van der Waals surface area contributed by atoms with Gasteiger partial charge in [0.25, 0.3) is 5.91 Å². The van der Waals surface area contributed by atoms with Gasteiger partial charge in [0.15, 0.2) is 5.78 Å². The molecule has 170 valence electrons. The number of H-pyrrole nitrogens is 1. The number of ether oxygens (including phenoxy) is 1. The normalized spacial score (nSPS) is 12.0. The lowest BCUT2D eigenvalue weighted by molar-refractivity contribution is -0.126. The van der Waals surface area contributed by atoms with E-state index in [4.69, 9.17) is 16.3 Å². The molecule has 3 aromatic rings. The third-order valence-electron chi connectivity index (χ3n) is 4.74. The van der Waals surface area contributed by atoms with Crippen molar-refractivity contribution in [3.63, 3.8) is 0 Å². The summed E-state index contributed by atoms with van der Waals surface area (Å²) < 4.78 is 5.13. The molecule has 10 nitrogen and oxygen atoms in total. The summed E-state index contributed by atoms with van der Waals surface area (Å²) in [5, 5.41) is 20.3. The number of ketones is 1. The van der Waals surface area contributed by atoms with Crippen molar-refractivity contribution in [1.82, 2.24) is 4.98 Å². The molecule has 33 heavy (non-hydrogen) atoms. The number of rotatable bonds is 7. The van der Waals surface area contributed by atoms with Crippen LogP contribution in [0.2, 0.25) is 5.02 Å². The SMILES string of the molecule is COc1ccc(C(=O)O)cc1NC(=O)C(N=Nc1cc2[nH]c(=O)cc(C)c2cc1Cl)C(C)=O. The summed E-state index contributed by atoms with van der Waals surface area (Å²) >= 11 is 6.27. The highest BCUT2D eigenvalue weighted by Gasteiger charge is 2.25. The quantitative estimate of drug-likeness (QED) is 0.352. The maximum absolute atomic E-state index is 12.7. The van der Waals surface area contributed by atoms with Crippen LogP contribution < -0.4 is 15.6 Å². The molecule has 1 amide bonds. The van der Waals surface area contributed by atoms with Gasteiger partial charge in [-0.1, -0.05) is 11.6 Å². The van der Waals surface area contributed by atoms with Crippen molar-refractivity contribution >= 4 is 51.5 Å². The molecular weight excluding hydrogens is 452 g/mol. The van der Waals surface area contributed by atoms with E-state index in [0.29, 0.717) is 10.9 Å². The number of nitrogens with one attached hydrogen (secondary N) is 2. The number of Topliss-reactive ketones (excluding diaryl/α,β-unsaturated/α-hetero) is 1. The van der Waals surface area contributed by atoms with Crippen molar-refractivity contribution < 1.29 is 24.2 Å². The molecule has 0 fully saturated rings. The Labute approximate surface area is 192 Å². The second-order valence-corrected chi connectivity index (χ2v) is 7.51. The molecule has 1 aromatic heterocycles. The number of aromatic nitrogens is 1. The van der Waals surface area contributed by atoms with E-state index in [9.17, 15) is 24.3 Å². The topological polar surface area (TPSA) is 150 Å². The molecule has 0 aliphatic heterocycles. The van der Waals surface area contributed by atoms with Gasteiger partial charge in [0.1, 0.15) is 11.4 Å². The average molecular weight is 471 g/mol. The number of aromatic amines is 1. The molecule has 0 spiro atoms. The van der Waals surface area contributed by atoms with Crippen LogP contribution >= 0.6 is 11.6 Å². The van der Waals surface area contributed by atoms with Gasteiger partial charge in [-0.05, 0) is 49.7 Å². The number of azo groups is 1. The smallest absolute Gasteiger partial charge is 0.335 e. The Hall–Kier alpha value is -4.05. The lowest BCUT2D eigenvalue weighted by atomic mass is 10.1. The number of carboxylic acid groups (broad SMARTS) is 1. The van der Waals surface area contributed by atoms with E-state index in [0.717, 1.165) is 12.5 Å². The van der Waals surface area contributed by atoms with E-state index in [1.54, 1.807) is 13.0 Å². The number of methoxy groups -OCH3 is 1. The predicted molar refractivity (Wildman–Crippen MR) is 122 cm³/mol. The van der Waals surface area contributed by atoms with Gasteiger partial charge in [-0.15, -0.1) is 0 Å². The lowest BCUT2D eigenvalue weighted by Gasteiger charge is -2.13. The van der Waals surface area contributed by atoms with E-state index in [1.165, 1.54) is 37.4 Å². The van der Waals surface area contributed by atoms with Gasteiger partial charge in [-0.2, -0.15) is 10.2 Å². The Morgan fingerprint density at radius 1 is 1.18 bits per heavy atom. The van der Waals surface area contributed by atoms with Crippen molar-refractivity contribution in [3.8, 4) is 5.75 Å². The summed E-state index contributed by atoms with van der Waals surface area (Å²) in [4.78, 5) is 50.5. The number of halogens is 1. The Balaban J connectivity index is 1.93. The number of fused-ring (bicyclic) bond motifs is 1. The first-order valence-electron chi connectivity index (χ1n) is 9.57. The fourth-order valence-electron chi connectivity index (χ4n) is 3.09. The van der Waals surface area contributed by atoms with E-state index in [2.05, 4.69) is 20.5 Å². The molecule has 1 unspecified atom stereocenters. The van der Waals surface area contributed by atoms with Gasteiger partial charge in [0.05, 0.1) is 28.9 Å². The number of carbonyl (C=O) groups is 3. The second kappa shape index (κ2) is 9.61. The molecule has 3 N–H and O–H groups in total. The van der Waals surface area contributed by atoms with Crippen molar-refractivity contribution in [1.29, 1.82) is 0 Å². The van der Waals surface area contributed by atoms with Crippen LogP contribution in [-0.4, -0.2) is 40.9 Å². The van der Waals surface area contributed by atoms with Crippen LogP contribution in [0, 0.1) is 6.92 Å². The Kier molecular flexibility index (Phi) is 6.88. The number of pyridine rings is 1. The molecule has 0 radical (unpaired) electrons. The molecule has 0 aliphatic rings. The monoisotopic (exact) mass is 470 g/mol. The highest BCUT2D eigenvalue weighted by atomic mass is 35.5. The highest BCUT2D eigenvalue weighted by molar-refractivity contribution is 6.33. The molecule has 1 heterocycles. The van der Waals surface area contributed by atoms with Crippen LogP contribution in [-0.2, 0) is 9.59 Å². The van der Waals surface area contributed by atoms with E-state index in [-0.39, 0.29) is 33.3 Å². The summed E-state index contributed by atoms with van der Waals surface area (Å²) in [6.07, 6.45) is 0. The molecule has 0 bridgehead atoms. The molecule has 0 saturated carbocycles. The summed E-state index contributed by atoms with van der Waals surface area (Å²) in [7, 11) is 1.35.